The number of aliphatic hydroxyl groups excluding tert-OH is 1. The Morgan fingerprint density at radius 1 is 1.29 bits per heavy atom. The van der Waals surface area contributed by atoms with Gasteiger partial charge in [-0.15, -0.1) is 0 Å². The van der Waals surface area contributed by atoms with Crippen LogP contribution in [0.25, 0.3) is 0 Å². The first-order chi connectivity index (χ1) is 15.9. The third kappa shape index (κ3) is 5.53. The second kappa shape index (κ2) is 10.3. The van der Waals surface area contributed by atoms with Gasteiger partial charge in [0.05, 0.1) is 31.9 Å². The summed E-state index contributed by atoms with van der Waals surface area (Å²) in [5, 5.41) is 9.72. The molecule has 2 heterocycles. The van der Waals surface area contributed by atoms with Crippen LogP contribution in [0.5, 0.6) is 5.75 Å². The van der Waals surface area contributed by atoms with Crippen LogP contribution in [0, 0.1) is 5.92 Å². The maximum Gasteiger partial charge on any atom is 0.261 e. The Bertz CT molecular complexity index is 1120. The maximum atomic E-state index is 13.2. The van der Waals surface area contributed by atoms with Gasteiger partial charge in [-0.2, -0.15) is 4.31 Å². The van der Waals surface area contributed by atoms with Gasteiger partial charge in [0.1, 0.15) is 11.9 Å². The molecule has 0 saturated heterocycles. The average molecular weight is 494 g/mol. The van der Waals surface area contributed by atoms with Crippen molar-refractivity contribution in [2.75, 3.05) is 45.7 Å². The molecule has 34 heavy (non-hydrogen) atoms. The van der Waals surface area contributed by atoms with Crippen molar-refractivity contribution in [3.8, 4) is 5.75 Å². The fourth-order valence-electron chi connectivity index (χ4n) is 3.95. The molecule has 3 atom stereocenters. The molecule has 0 spiro atoms. The molecule has 1 amide bonds. The Morgan fingerprint density at radius 2 is 2.00 bits per heavy atom. The zero-order chi connectivity index (χ0) is 25.2. The summed E-state index contributed by atoms with van der Waals surface area (Å²) in [6, 6.07) is 5.28. The van der Waals surface area contributed by atoms with Crippen LogP contribution in [0.3, 0.4) is 0 Å². The Hall–Kier alpha value is -2.63. The van der Waals surface area contributed by atoms with Crippen LogP contribution < -0.4 is 9.64 Å². The Labute approximate surface area is 201 Å². The molecule has 3 rings (SSSR count). The van der Waals surface area contributed by atoms with Crippen molar-refractivity contribution in [3.05, 3.63) is 36.3 Å². The molecular weight excluding hydrogens is 458 g/mol. The first-order valence-electron chi connectivity index (χ1n) is 11.3. The number of sulfonamides is 1. The zero-order valence-corrected chi connectivity index (χ0v) is 21.5. The average Bonchev–Trinajstić information content (AvgIpc) is 3.24. The number of nitrogens with zero attached hydrogens (tertiary/aromatic N) is 5. The van der Waals surface area contributed by atoms with E-state index in [0.717, 1.165) is 11.3 Å². The minimum absolute atomic E-state index is 0.0325. The highest BCUT2D eigenvalue weighted by molar-refractivity contribution is 7.89. The summed E-state index contributed by atoms with van der Waals surface area (Å²) in [7, 11) is 3.23. The van der Waals surface area contributed by atoms with Crippen LogP contribution in [0.15, 0.2) is 35.7 Å². The van der Waals surface area contributed by atoms with Crippen molar-refractivity contribution >= 4 is 21.6 Å². The smallest absolute Gasteiger partial charge is 0.261 e. The predicted molar refractivity (Wildman–Crippen MR) is 129 cm³/mol. The van der Waals surface area contributed by atoms with Gasteiger partial charge in [-0.3, -0.25) is 4.79 Å². The molecule has 0 unspecified atom stereocenters. The highest BCUT2D eigenvalue weighted by atomic mass is 32.2. The molecule has 1 aromatic carbocycles. The van der Waals surface area contributed by atoms with Gasteiger partial charge in [0.2, 0.25) is 5.91 Å². The van der Waals surface area contributed by atoms with E-state index in [1.54, 1.807) is 23.4 Å². The van der Waals surface area contributed by atoms with Crippen LogP contribution >= 0.6 is 0 Å². The van der Waals surface area contributed by atoms with E-state index in [4.69, 9.17) is 4.74 Å². The molecule has 0 saturated carbocycles. The first-order valence-corrected chi connectivity index (χ1v) is 12.7. The van der Waals surface area contributed by atoms with Crippen LogP contribution in [-0.2, 0) is 28.3 Å². The molecule has 0 radical (unpaired) electrons. The largest absolute Gasteiger partial charge is 0.488 e. The van der Waals surface area contributed by atoms with Crippen molar-refractivity contribution < 1.29 is 23.1 Å². The number of anilines is 1. The first kappa shape index (κ1) is 26.0. The summed E-state index contributed by atoms with van der Waals surface area (Å²) in [6.07, 6.45) is 2.49. The monoisotopic (exact) mass is 493 g/mol. The van der Waals surface area contributed by atoms with Crippen molar-refractivity contribution in [1.82, 2.24) is 18.8 Å². The number of hydrogen-bond acceptors (Lipinski definition) is 7. The van der Waals surface area contributed by atoms with Crippen molar-refractivity contribution in [2.24, 2.45) is 13.0 Å². The summed E-state index contributed by atoms with van der Waals surface area (Å²) in [5.74, 6) is 0.237. The fourth-order valence-corrected chi connectivity index (χ4v) is 5.09. The number of aliphatic hydroxyl groups is 1. The van der Waals surface area contributed by atoms with E-state index in [-0.39, 0.29) is 42.5 Å². The zero-order valence-electron chi connectivity index (χ0n) is 20.7. The van der Waals surface area contributed by atoms with E-state index < -0.39 is 16.1 Å². The van der Waals surface area contributed by atoms with Gasteiger partial charge in [-0.05, 0) is 25.1 Å². The van der Waals surface area contributed by atoms with Crippen LogP contribution in [0.2, 0.25) is 0 Å². The summed E-state index contributed by atoms with van der Waals surface area (Å²) in [5.41, 5.74) is 1.65. The van der Waals surface area contributed by atoms with Gasteiger partial charge in [0.25, 0.3) is 10.0 Å². The molecule has 1 aromatic heterocycles. The van der Waals surface area contributed by atoms with Gasteiger partial charge in [-0.1, -0.05) is 6.92 Å². The third-order valence-electron chi connectivity index (χ3n) is 6.21. The predicted octanol–water partition coefficient (Wildman–Crippen LogP) is 0.956. The normalized spacial score (nSPS) is 20.2. The number of hydrogen-bond donors (Lipinski definition) is 1. The number of amides is 1. The third-order valence-corrected chi connectivity index (χ3v) is 7.92. The number of imidazole rings is 1. The minimum atomic E-state index is -3.82. The van der Waals surface area contributed by atoms with Crippen LogP contribution in [-0.4, -0.2) is 91.2 Å². The molecule has 1 N–H and O–H groups in total. The highest BCUT2D eigenvalue weighted by Gasteiger charge is 2.34. The van der Waals surface area contributed by atoms with E-state index in [0.29, 0.717) is 12.3 Å². The lowest BCUT2D eigenvalue weighted by atomic mass is 10.0. The number of carbonyl (C=O) groups excluding carboxylic acids is 1. The molecule has 11 heteroatoms. The number of likely N-dealkylation sites (N-methyl/N-ethyl adjacent to an activating group) is 1. The van der Waals surface area contributed by atoms with Crippen molar-refractivity contribution in [1.29, 1.82) is 0 Å². The molecule has 0 fully saturated rings. The summed E-state index contributed by atoms with van der Waals surface area (Å²) >= 11 is 0. The summed E-state index contributed by atoms with van der Waals surface area (Å²) < 4.78 is 35.4. The van der Waals surface area contributed by atoms with E-state index in [2.05, 4.69) is 4.98 Å². The standard InChI is InChI=1S/C23H35N5O5S/c1-16-11-28(17(2)14-29)23(30)10-18-9-19(25(3)4)7-8-20(18)33-21(16)12-27(6)34(31,32)22-13-26(5)15-24-22/h7-9,13,15-17,21,29H,10-12,14H2,1-6H3/t16-,17-,21-/m1/s1. The number of carbonyl (C=O) groups is 1. The van der Waals surface area contributed by atoms with Gasteiger partial charge >= 0.3 is 0 Å². The topological polar surface area (TPSA) is 108 Å². The summed E-state index contributed by atoms with van der Waals surface area (Å²) in [6.45, 7) is 3.97. The number of aromatic nitrogens is 2. The molecule has 10 nitrogen and oxygen atoms in total. The molecular formula is C23H35N5O5S. The van der Waals surface area contributed by atoms with Crippen LogP contribution in [0.4, 0.5) is 5.69 Å². The van der Waals surface area contributed by atoms with Gasteiger partial charge < -0.3 is 24.2 Å². The van der Waals surface area contributed by atoms with E-state index >= 15 is 0 Å². The summed E-state index contributed by atoms with van der Waals surface area (Å²) in [4.78, 5) is 20.8. The molecule has 2 aromatic rings. The van der Waals surface area contributed by atoms with Crippen LogP contribution in [0.1, 0.15) is 19.4 Å². The quantitative estimate of drug-likeness (QED) is 0.612. The molecule has 0 aliphatic carbocycles. The van der Waals surface area contributed by atoms with Gasteiger partial charge in [0.15, 0.2) is 5.03 Å². The lowest BCUT2D eigenvalue weighted by Crippen LogP contribution is -2.48. The van der Waals surface area contributed by atoms with Crippen molar-refractivity contribution in [3.63, 3.8) is 0 Å². The fraction of sp³-hybridized carbons (Fsp3) is 0.565. The number of rotatable bonds is 7. The molecule has 1 aliphatic heterocycles. The second-order valence-electron chi connectivity index (χ2n) is 9.24. The molecule has 188 valence electrons. The minimum Gasteiger partial charge on any atom is -0.488 e. The van der Waals surface area contributed by atoms with Crippen molar-refractivity contribution in [2.45, 2.75) is 37.4 Å². The number of ether oxygens (including phenoxy) is 1. The van der Waals surface area contributed by atoms with E-state index in [1.807, 2.05) is 44.1 Å². The number of fused-ring (bicyclic) bond motifs is 1. The Balaban J connectivity index is 1.98. The SMILES string of the molecule is C[C@@H]1CN([C@H](C)CO)C(=O)Cc2cc(N(C)C)ccc2O[C@@H]1CN(C)S(=O)(=O)c1cn(C)cn1. The molecule has 0 bridgehead atoms. The van der Waals surface area contributed by atoms with E-state index in [9.17, 15) is 18.3 Å². The number of aryl methyl sites for hydroxylation is 1. The number of benzene rings is 1. The lowest BCUT2D eigenvalue weighted by molar-refractivity contribution is -0.134. The maximum absolute atomic E-state index is 13.2. The Morgan fingerprint density at radius 3 is 2.59 bits per heavy atom. The highest BCUT2D eigenvalue weighted by Crippen LogP contribution is 2.30. The van der Waals surface area contributed by atoms with Gasteiger partial charge in [0, 0.05) is 58.1 Å². The lowest BCUT2D eigenvalue weighted by Gasteiger charge is -2.33. The Kier molecular flexibility index (Phi) is 7.89. The molecule has 1 aliphatic rings. The second-order valence-corrected chi connectivity index (χ2v) is 11.2. The van der Waals surface area contributed by atoms with E-state index in [1.165, 1.54) is 23.9 Å². The van der Waals surface area contributed by atoms with Gasteiger partial charge in [-0.25, -0.2) is 13.4 Å².